The molecule has 8 aliphatic heterocycles. The number of hydrogen-bond acceptors (Lipinski definition) is 10. The molecule has 450 valence electrons. The highest BCUT2D eigenvalue weighted by Gasteiger charge is 2.74. The number of methoxy groups -OCH3 is 1. The van der Waals surface area contributed by atoms with Crippen LogP contribution in [0.1, 0.15) is 104 Å². The number of benzene rings is 4. The summed E-state index contributed by atoms with van der Waals surface area (Å²) in [5.41, 5.74) is -4.16. The Morgan fingerprint density at radius 2 is 1.01 bits per heavy atom. The zero-order valence-corrected chi connectivity index (χ0v) is 50.2. The molecule has 0 aromatic heterocycles. The van der Waals surface area contributed by atoms with Crippen LogP contribution >= 0.6 is 0 Å². The minimum absolute atomic E-state index is 0.0220. The highest BCUT2D eigenvalue weighted by molar-refractivity contribution is 7.91. The van der Waals surface area contributed by atoms with Gasteiger partial charge in [0.2, 0.25) is 15.3 Å². The zero-order valence-electron chi connectivity index (χ0n) is 49.3. The number of aryl methyl sites for hydroxylation is 1. The first-order chi connectivity index (χ1) is 40.2. The van der Waals surface area contributed by atoms with Gasteiger partial charge in [0, 0.05) is 61.8 Å². The number of amidine groups is 2. The van der Waals surface area contributed by atoms with E-state index in [0.717, 1.165) is 125 Å². The number of ether oxygens (including phenoxy) is 2. The lowest BCUT2D eigenvalue weighted by atomic mass is 9.70. The summed E-state index contributed by atoms with van der Waals surface area (Å²) in [6.45, 7) is 11.7. The maximum atomic E-state index is 16.9. The molecule has 2 unspecified atom stereocenters. The normalized spacial score (nSPS) is 22.1. The molecule has 4 aromatic carbocycles. The first-order valence-electron chi connectivity index (χ1n) is 30.2. The van der Waals surface area contributed by atoms with Gasteiger partial charge < -0.3 is 9.47 Å². The highest BCUT2D eigenvalue weighted by atomic mass is 32.2. The Bertz CT molecular complexity index is 3470. The van der Waals surface area contributed by atoms with Crippen LogP contribution in [0.4, 0.5) is 37.7 Å². The molecule has 4 fully saturated rings. The summed E-state index contributed by atoms with van der Waals surface area (Å²) in [7, 11) is 4.95. The molecule has 0 amide bonds. The molecule has 0 spiro atoms. The fourth-order valence-electron chi connectivity index (χ4n) is 15.4. The summed E-state index contributed by atoms with van der Waals surface area (Å²) in [5.74, 6) is 3.21. The van der Waals surface area contributed by atoms with Crippen molar-refractivity contribution in [3.8, 4) is 17.2 Å². The number of alkyl halides is 6. The second-order valence-electron chi connectivity index (χ2n) is 24.4. The lowest BCUT2D eigenvalue weighted by molar-refractivity contribution is -0.511. The van der Waals surface area contributed by atoms with Crippen molar-refractivity contribution in [2.24, 2.45) is 0 Å². The Morgan fingerprint density at radius 3 is 1.58 bits per heavy atom. The van der Waals surface area contributed by atoms with Crippen LogP contribution in [0.2, 0.25) is 0 Å². The van der Waals surface area contributed by atoms with Gasteiger partial charge in [0.25, 0.3) is 11.7 Å². The van der Waals surface area contributed by atoms with Gasteiger partial charge in [-0.25, -0.2) is 18.2 Å². The van der Waals surface area contributed by atoms with Crippen molar-refractivity contribution in [1.82, 2.24) is 19.6 Å². The van der Waals surface area contributed by atoms with Crippen molar-refractivity contribution < 1.29 is 62.5 Å². The summed E-state index contributed by atoms with van der Waals surface area (Å²) in [6, 6.07) is 17.0. The van der Waals surface area contributed by atoms with E-state index >= 15 is 34.8 Å². The Hall–Kier alpha value is -6.51. The second-order valence-corrected chi connectivity index (χ2v) is 26.3. The van der Waals surface area contributed by atoms with E-state index in [1.807, 2.05) is 54.6 Å². The molecule has 14 nitrogen and oxygen atoms in total. The Kier molecular flexibility index (Phi) is 15.4. The van der Waals surface area contributed by atoms with Crippen LogP contribution in [-0.4, -0.2) is 209 Å². The number of guanidine groups is 2. The Labute approximate surface area is 490 Å². The van der Waals surface area contributed by atoms with Crippen molar-refractivity contribution in [1.29, 1.82) is 0 Å². The molecule has 0 bridgehead atoms. The zero-order chi connectivity index (χ0) is 59.0. The average molecular weight is 1190 g/mol. The SMILES string of the molecule is COc1ccc(C(c2ccc(Oc3ccc(S(=O)(=O)c4ccc(C)c(C5CCCN6CCC[N+](C)=C56)c4)c(N4CCCN5CCC[N+](C)=C54)c3)c(C3CCCN4CCC[N+](C)=C34)c2)(C(F)(F)F)C(F)(F)F)c(N2CCCN3CCC[N+](C)=C32)c1. The monoisotopic (exact) mass is 1190 g/mol. The van der Waals surface area contributed by atoms with E-state index in [2.05, 4.69) is 35.5 Å². The second kappa shape index (κ2) is 22.4. The van der Waals surface area contributed by atoms with Crippen LogP contribution in [0.5, 0.6) is 17.2 Å². The average Bonchev–Trinajstić information content (AvgIpc) is 0.789. The van der Waals surface area contributed by atoms with Crippen molar-refractivity contribution in [3.05, 3.63) is 101 Å². The van der Waals surface area contributed by atoms with Gasteiger partial charge in [-0.15, -0.1) is 0 Å². The highest BCUT2D eigenvalue weighted by Crippen LogP contribution is 2.60. The van der Waals surface area contributed by atoms with Crippen molar-refractivity contribution in [3.63, 3.8) is 0 Å². The van der Waals surface area contributed by atoms with Gasteiger partial charge in [0.05, 0.1) is 144 Å². The van der Waals surface area contributed by atoms with E-state index in [-0.39, 0.29) is 50.8 Å². The number of rotatable bonds is 11. The molecule has 8 heterocycles. The molecule has 21 heteroatoms. The first kappa shape index (κ1) is 57.9. The third-order valence-corrected chi connectivity index (χ3v) is 21.0. The molecule has 0 saturated carbocycles. The number of sulfone groups is 1. The molecule has 84 heavy (non-hydrogen) atoms. The summed E-state index contributed by atoms with van der Waals surface area (Å²) in [4.78, 5) is 12.8. The molecule has 0 aliphatic carbocycles. The quantitative estimate of drug-likeness (QED) is 0.107. The van der Waals surface area contributed by atoms with Gasteiger partial charge in [-0.2, -0.15) is 26.3 Å². The smallest absolute Gasteiger partial charge is 0.411 e. The van der Waals surface area contributed by atoms with E-state index in [1.165, 1.54) is 31.1 Å². The van der Waals surface area contributed by atoms with Gasteiger partial charge in [0.15, 0.2) is 0 Å². The number of anilines is 2. The van der Waals surface area contributed by atoms with E-state index in [1.54, 1.807) is 29.2 Å². The summed E-state index contributed by atoms with van der Waals surface area (Å²) < 4.78 is 153. The van der Waals surface area contributed by atoms with Gasteiger partial charge in [-0.05, 0) is 91.8 Å². The van der Waals surface area contributed by atoms with Crippen LogP contribution < -0.4 is 19.3 Å². The molecule has 4 saturated heterocycles. The van der Waals surface area contributed by atoms with Gasteiger partial charge in [-0.1, -0.05) is 18.2 Å². The van der Waals surface area contributed by atoms with Crippen LogP contribution in [0, 0.1) is 6.92 Å². The Balaban J connectivity index is 1.03. The minimum atomic E-state index is -5.91. The number of hydrogen-bond donors (Lipinski definition) is 0. The molecule has 4 aromatic rings. The van der Waals surface area contributed by atoms with Gasteiger partial charge in [0.1, 0.15) is 33.5 Å². The maximum absolute atomic E-state index is 16.9. The number of halogens is 6. The number of nitrogens with zero attached hydrogens (tertiary/aromatic N) is 10. The van der Waals surface area contributed by atoms with Gasteiger partial charge >= 0.3 is 24.3 Å². The fraction of sp³-hybridized carbons (Fsp3) is 0.556. The lowest BCUT2D eigenvalue weighted by Crippen LogP contribution is -2.59. The van der Waals surface area contributed by atoms with Crippen LogP contribution in [0.25, 0.3) is 0 Å². The third kappa shape index (κ3) is 9.92. The molecular weight excluding hydrogens is 1110 g/mol. The first-order valence-corrected chi connectivity index (χ1v) is 31.7. The molecule has 0 radical (unpaired) electrons. The van der Waals surface area contributed by atoms with E-state index in [4.69, 9.17) is 9.47 Å². The maximum Gasteiger partial charge on any atom is 0.411 e. The summed E-state index contributed by atoms with van der Waals surface area (Å²) >= 11 is 0. The predicted octanol–water partition coefficient (Wildman–Crippen LogP) is 9.12. The fourth-order valence-corrected chi connectivity index (χ4v) is 16.9. The summed E-state index contributed by atoms with van der Waals surface area (Å²) in [5, 5.41) is 0. The Morgan fingerprint density at radius 1 is 0.512 bits per heavy atom. The van der Waals surface area contributed by atoms with Crippen LogP contribution in [0.3, 0.4) is 0 Å². The molecular formula is C63H80F6N10O4S+4. The standard InChI is InChI=1S/C63H80F6N10O4S/c1-43-17-21-47(42-50(43)48-15-7-29-74-31-9-25-70(2)57(48)74)84(80,81)56-24-20-46(41-54(56)79-38-14-36-77-34-12-28-73(5)60(77)79)83-55-23-18-44(39-51(55)49-16-8-30-75-32-10-26-71(3)58(49)75)61(62(64,65)66,63(67,68)69)52-22-19-45(82-6)40-53(52)78-37-13-35-76-33-11-27-72(4)59(76)78/h17-24,39-42,48-49H,7-16,25-38H2,1-6H3/q+4. The van der Waals surface area contributed by atoms with Crippen molar-refractivity contribution in [2.45, 2.75) is 111 Å². The summed E-state index contributed by atoms with van der Waals surface area (Å²) in [6.07, 6.45) is -4.00. The third-order valence-electron chi connectivity index (χ3n) is 19.2. The molecule has 12 rings (SSSR count). The minimum Gasteiger partial charge on any atom is -0.497 e. The van der Waals surface area contributed by atoms with E-state index in [0.29, 0.717) is 76.7 Å². The van der Waals surface area contributed by atoms with E-state index < -0.39 is 44.6 Å². The topological polar surface area (TPSA) is 84.1 Å². The van der Waals surface area contributed by atoms with Gasteiger partial charge in [-0.3, -0.25) is 37.9 Å². The van der Waals surface area contributed by atoms with Crippen molar-refractivity contribution in [2.75, 3.05) is 137 Å². The predicted molar refractivity (Wildman–Crippen MR) is 312 cm³/mol. The molecule has 2 atom stereocenters. The largest absolute Gasteiger partial charge is 0.497 e. The van der Waals surface area contributed by atoms with Crippen LogP contribution in [-0.2, 0) is 15.3 Å². The van der Waals surface area contributed by atoms with Crippen molar-refractivity contribution >= 4 is 44.8 Å². The van der Waals surface area contributed by atoms with Crippen LogP contribution in [0.15, 0.2) is 82.6 Å². The lowest BCUT2D eigenvalue weighted by Gasteiger charge is -2.42. The van der Waals surface area contributed by atoms with E-state index in [9.17, 15) is 0 Å². The number of piperidine rings is 2. The number of fused-ring (bicyclic) bond motifs is 4. The molecule has 0 N–H and O–H groups in total. The molecule has 8 aliphatic rings.